The number of methoxy groups -OCH3 is 1. The molecule has 0 aliphatic carbocycles. The molecule has 0 saturated carbocycles. The molecule has 3 rings (SSSR count). The van der Waals surface area contributed by atoms with Crippen molar-refractivity contribution in [1.82, 2.24) is 0 Å². The number of aliphatic hydroxyl groups excluding tert-OH is 1. The molecule has 4 atom stereocenters. The third-order valence-electron chi connectivity index (χ3n) is 4.82. The van der Waals surface area contributed by atoms with Crippen molar-refractivity contribution < 1.29 is 33.8 Å². The third-order valence-corrected chi connectivity index (χ3v) is 4.82. The van der Waals surface area contributed by atoms with Gasteiger partial charge in [0.05, 0.1) is 30.3 Å². The first-order valence-corrected chi connectivity index (χ1v) is 9.41. The molecule has 9 nitrogen and oxygen atoms in total. The molecule has 1 unspecified atom stereocenters. The van der Waals surface area contributed by atoms with Crippen molar-refractivity contribution in [2.45, 2.75) is 44.6 Å². The molecule has 9 heteroatoms. The minimum absolute atomic E-state index is 0.127. The average molecular weight is 417 g/mol. The largest absolute Gasteiger partial charge is 0.497 e. The van der Waals surface area contributed by atoms with Crippen molar-refractivity contribution in [2.75, 3.05) is 7.11 Å². The number of nitro groups is 1. The molecule has 0 spiro atoms. The van der Waals surface area contributed by atoms with Gasteiger partial charge in [-0.1, -0.05) is 12.1 Å². The predicted molar refractivity (Wildman–Crippen MR) is 105 cm³/mol. The summed E-state index contributed by atoms with van der Waals surface area (Å²) in [5, 5.41) is 21.1. The Morgan fingerprint density at radius 2 is 1.87 bits per heavy atom. The minimum Gasteiger partial charge on any atom is -0.497 e. The maximum absolute atomic E-state index is 12.4. The summed E-state index contributed by atoms with van der Waals surface area (Å²) < 4.78 is 22.0. The highest BCUT2D eigenvalue weighted by Crippen LogP contribution is 2.26. The van der Waals surface area contributed by atoms with Crippen LogP contribution >= 0.6 is 0 Å². The molecule has 2 aromatic rings. The zero-order valence-electron chi connectivity index (χ0n) is 16.6. The molecule has 0 radical (unpaired) electrons. The van der Waals surface area contributed by atoms with E-state index in [1.165, 1.54) is 24.3 Å². The van der Waals surface area contributed by atoms with Gasteiger partial charge in [0, 0.05) is 18.6 Å². The molecule has 30 heavy (non-hydrogen) atoms. The number of hydrogen-bond acceptors (Lipinski definition) is 8. The van der Waals surface area contributed by atoms with Gasteiger partial charge in [-0.2, -0.15) is 0 Å². The Morgan fingerprint density at radius 1 is 1.20 bits per heavy atom. The summed E-state index contributed by atoms with van der Waals surface area (Å²) in [5.41, 5.74) is 0.943. The van der Waals surface area contributed by atoms with E-state index in [4.69, 9.17) is 18.9 Å². The van der Waals surface area contributed by atoms with Gasteiger partial charge in [-0.15, -0.1) is 0 Å². The molecule has 1 heterocycles. The van der Waals surface area contributed by atoms with Crippen LogP contribution in [0.3, 0.4) is 0 Å². The lowest BCUT2D eigenvalue weighted by Gasteiger charge is -2.37. The minimum atomic E-state index is -1.02. The zero-order valence-corrected chi connectivity index (χ0v) is 16.6. The van der Waals surface area contributed by atoms with E-state index in [1.807, 2.05) is 24.3 Å². The van der Waals surface area contributed by atoms with E-state index in [0.29, 0.717) is 0 Å². The highest BCUT2D eigenvalue weighted by Gasteiger charge is 2.38. The number of esters is 1. The number of carbonyl (C=O) groups is 1. The molecule has 0 bridgehead atoms. The molecule has 1 fully saturated rings. The predicted octanol–water partition coefficient (Wildman–Crippen LogP) is 2.84. The Kier molecular flexibility index (Phi) is 6.99. The van der Waals surface area contributed by atoms with E-state index in [-0.39, 0.29) is 24.3 Å². The standard InChI is InChI=1S/C21H23NO8/c1-13-20(23)18(30-21(24)15-5-7-16(8-6-15)22(25)26)11-19(29-13)28-12-14-3-9-17(27-2)10-4-14/h3-10,13,18-20,23H,11-12H2,1-2H3/t13-,18-,19?,20+/m0/s1. The second-order valence-corrected chi connectivity index (χ2v) is 6.90. The van der Waals surface area contributed by atoms with Crippen LogP contribution in [0.2, 0.25) is 0 Å². The third kappa shape index (κ3) is 5.32. The number of carbonyl (C=O) groups excluding carboxylic acids is 1. The topological polar surface area (TPSA) is 117 Å². The summed E-state index contributed by atoms with van der Waals surface area (Å²) in [7, 11) is 1.59. The number of aliphatic hydroxyl groups is 1. The Labute approximate surface area is 173 Å². The molecule has 160 valence electrons. The summed E-state index contributed by atoms with van der Waals surface area (Å²) in [6.45, 7) is 1.95. The van der Waals surface area contributed by atoms with Crippen LogP contribution in [0.25, 0.3) is 0 Å². The lowest BCUT2D eigenvalue weighted by atomic mass is 10.0. The molecular formula is C21H23NO8. The Morgan fingerprint density at radius 3 is 2.47 bits per heavy atom. The highest BCUT2D eigenvalue weighted by molar-refractivity contribution is 5.89. The Balaban J connectivity index is 1.59. The molecule has 0 amide bonds. The van der Waals surface area contributed by atoms with Crippen LogP contribution in [-0.2, 0) is 20.8 Å². The molecule has 1 N–H and O–H groups in total. The van der Waals surface area contributed by atoms with Crippen molar-refractivity contribution in [2.24, 2.45) is 0 Å². The fourth-order valence-electron chi connectivity index (χ4n) is 3.07. The van der Waals surface area contributed by atoms with E-state index in [2.05, 4.69) is 0 Å². The number of nitro benzene ring substituents is 1. The smallest absolute Gasteiger partial charge is 0.338 e. The van der Waals surface area contributed by atoms with Gasteiger partial charge in [-0.3, -0.25) is 10.1 Å². The fraction of sp³-hybridized carbons (Fsp3) is 0.381. The van der Waals surface area contributed by atoms with Crippen LogP contribution in [-0.4, -0.2) is 47.7 Å². The first-order chi connectivity index (χ1) is 14.4. The van der Waals surface area contributed by atoms with Gasteiger partial charge in [0.1, 0.15) is 18.0 Å². The monoisotopic (exact) mass is 417 g/mol. The second-order valence-electron chi connectivity index (χ2n) is 6.90. The van der Waals surface area contributed by atoms with E-state index in [1.54, 1.807) is 14.0 Å². The van der Waals surface area contributed by atoms with Gasteiger partial charge in [-0.25, -0.2) is 4.79 Å². The van der Waals surface area contributed by atoms with Gasteiger partial charge in [0.15, 0.2) is 6.29 Å². The first kappa shape index (κ1) is 21.7. The van der Waals surface area contributed by atoms with Crippen LogP contribution in [0.15, 0.2) is 48.5 Å². The van der Waals surface area contributed by atoms with E-state index in [9.17, 15) is 20.0 Å². The maximum atomic E-state index is 12.4. The van der Waals surface area contributed by atoms with Gasteiger partial charge >= 0.3 is 5.97 Å². The second kappa shape index (κ2) is 9.66. The molecular weight excluding hydrogens is 394 g/mol. The van der Waals surface area contributed by atoms with E-state index in [0.717, 1.165) is 11.3 Å². The highest BCUT2D eigenvalue weighted by atomic mass is 16.7. The molecule has 0 aromatic heterocycles. The summed E-state index contributed by atoms with van der Waals surface area (Å²) in [4.78, 5) is 22.6. The van der Waals surface area contributed by atoms with Gasteiger partial charge < -0.3 is 24.1 Å². The van der Waals surface area contributed by atoms with Crippen LogP contribution in [0, 0.1) is 10.1 Å². The van der Waals surface area contributed by atoms with Crippen molar-refractivity contribution in [3.8, 4) is 5.75 Å². The van der Waals surface area contributed by atoms with E-state index >= 15 is 0 Å². The zero-order chi connectivity index (χ0) is 21.7. The number of hydrogen-bond donors (Lipinski definition) is 1. The van der Waals surface area contributed by atoms with Crippen LogP contribution in [0.1, 0.15) is 29.3 Å². The van der Waals surface area contributed by atoms with Gasteiger partial charge in [0.25, 0.3) is 5.69 Å². The number of rotatable bonds is 7. The van der Waals surface area contributed by atoms with Crippen molar-refractivity contribution >= 4 is 11.7 Å². The summed E-state index contributed by atoms with van der Waals surface area (Å²) in [6, 6.07) is 12.4. The van der Waals surface area contributed by atoms with Crippen molar-refractivity contribution in [3.63, 3.8) is 0 Å². The molecule has 1 aliphatic heterocycles. The van der Waals surface area contributed by atoms with Crippen LogP contribution in [0.4, 0.5) is 5.69 Å². The van der Waals surface area contributed by atoms with Gasteiger partial charge in [-0.05, 0) is 36.8 Å². The van der Waals surface area contributed by atoms with E-state index < -0.39 is 35.5 Å². The van der Waals surface area contributed by atoms with Crippen molar-refractivity contribution in [1.29, 1.82) is 0 Å². The average Bonchev–Trinajstić information content (AvgIpc) is 2.75. The van der Waals surface area contributed by atoms with Gasteiger partial charge in [0.2, 0.25) is 0 Å². The molecule has 2 aromatic carbocycles. The summed E-state index contributed by atoms with van der Waals surface area (Å²) >= 11 is 0. The fourth-order valence-corrected chi connectivity index (χ4v) is 3.07. The SMILES string of the molecule is COc1ccc(COC2C[C@H](OC(=O)c3ccc([N+](=O)[O-])cc3)[C@H](O)[C@H](C)O2)cc1. The Bertz CT molecular complexity index is 868. The number of benzene rings is 2. The lowest BCUT2D eigenvalue weighted by molar-refractivity contribution is -0.384. The van der Waals surface area contributed by atoms with Crippen molar-refractivity contribution in [3.05, 3.63) is 69.8 Å². The number of ether oxygens (including phenoxy) is 4. The summed E-state index contributed by atoms with van der Waals surface area (Å²) in [5.74, 6) is 0.0552. The van der Waals surface area contributed by atoms with Crippen LogP contribution in [0.5, 0.6) is 5.75 Å². The molecule has 1 saturated heterocycles. The quantitative estimate of drug-likeness (QED) is 0.415. The lowest BCUT2D eigenvalue weighted by Crippen LogP contribution is -2.49. The number of nitrogens with zero attached hydrogens (tertiary/aromatic N) is 1. The molecule has 1 aliphatic rings. The normalized spacial score (nSPS) is 23.6. The summed E-state index contributed by atoms with van der Waals surface area (Å²) in [6.07, 6.45) is -2.97. The Hall–Kier alpha value is -3.01. The number of non-ortho nitro benzene ring substituents is 1. The maximum Gasteiger partial charge on any atom is 0.338 e. The van der Waals surface area contributed by atoms with Crippen LogP contribution < -0.4 is 4.74 Å². The first-order valence-electron chi connectivity index (χ1n) is 9.41.